The van der Waals surface area contributed by atoms with E-state index >= 15 is 0 Å². The summed E-state index contributed by atoms with van der Waals surface area (Å²) in [5, 5.41) is 4.41. The Hall–Kier alpha value is -3.65. The zero-order chi connectivity index (χ0) is 28.2. The molecular weight excluding hydrogens is 504 g/mol. The van der Waals surface area contributed by atoms with Crippen LogP contribution in [0, 0.1) is 0 Å². The quantitative estimate of drug-likeness (QED) is 0.394. The molecule has 0 fully saturated rings. The van der Waals surface area contributed by atoms with E-state index < -0.39 is 0 Å². The Balaban J connectivity index is 1.68. The van der Waals surface area contributed by atoms with Gasteiger partial charge in [-0.1, -0.05) is 62.2 Å². The number of methoxy groups -OCH3 is 1. The zero-order valence-electron chi connectivity index (χ0n) is 23.8. The third-order valence-corrected chi connectivity index (χ3v) is 7.37. The maximum atomic E-state index is 14.1. The highest BCUT2D eigenvalue weighted by Crippen LogP contribution is 2.23. The molecular formula is C32H42N4O4. The van der Waals surface area contributed by atoms with E-state index in [1.165, 1.54) is 0 Å². The van der Waals surface area contributed by atoms with Gasteiger partial charge in [0.15, 0.2) is 0 Å². The number of aryl methyl sites for hydroxylation is 1. The predicted octanol–water partition coefficient (Wildman–Crippen LogP) is 5.09. The molecule has 2 heterocycles. The lowest BCUT2D eigenvalue weighted by Gasteiger charge is -2.33. The first-order valence-corrected chi connectivity index (χ1v) is 14.5. The number of aromatic nitrogens is 2. The van der Waals surface area contributed by atoms with E-state index in [9.17, 15) is 9.59 Å². The summed E-state index contributed by atoms with van der Waals surface area (Å²) >= 11 is 0. The molecule has 0 bridgehead atoms. The van der Waals surface area contributed by atoms with Crippen LogP contribution in [0.3, 0.4) is 0 Å². The fourth-order valence-electron chi connectivity index (χ4n) is 5.23. The lowest BCUT2D eigenvalue weighted by atomic mass is 10.0. The highest BCUT2D eigenvalue weighted by Gasteiger charge is 2.29. The van der Waals surface area contributed by atoms with Crippen molar-refractivity contribution in [1.29, 1.82) is 0 Å². The van der Waals surface area contributed by atoms with Gasteiger partial charge >= 0.3 is 0 Å². The van der Waals surface area contributed by atoms with Crippen LogP contribution < -0.4 is 4.74 Å². The van der Waals surface area contributed by atoms with Gasteiger partial charge in [0.1, 0.15) is 18.1 Å². The summed E-state index contributed by atoms with van der Waals surface area (Å²) in [5.41, 5.74) is 2.27. The first kappa shape index (κ1) is 29.3. The van der Waals surface area contributed by atoms with Crippen LogP contribution in [-0.2, 0) is 17.7 Å². The molecule has 0 saturated carbocycles. The molecule has 1 aromatic heterocycles. The molecule has 2 aromatic carbocycles. The maximum absolute atomic E-state index is 14.1. The average Bonchev–Trinajstić information content (AvgIpc) is 3.45. The van der Waals surface area contributed by atoms with Gasteiger partial charge in [-0.3, -0.25) is 14.3 Å². The van der Waals surface area contributed by atoms with Crippen LogP contribution in [0.15, 0.2) is 66.9 Å². The monoisotopic (exact) mass is 546 g/mol. The molecule has 0 saturated heterocycles. The number of nitrogens with zero attached hydrogens (tertiary/aromatic N) is 4. The lowest BCUT2D eigenvalue weighted by molar-refractivity contribution is 0.0580. The highest BCUT2D eigenvalue weighted by molar-refractivity contribution is 5.97. The van der Waals surface area contributed by atoms with Crippen molar-refractivity contribution in [2.45, 2.75) is 58.0 Å². The van der Waals surface area contributed by atoms with Crippen LogP contribution in [0.1, 0.15) is 65.4 Å². The Morgan fingerprint density at radius 1 is 0.975 bits per heavy atom. The SMILES string of the molecule is CCCn1nccc1C(=O)N1CCCCCCN(CCOC)C(=O)c2ccccc2OC[C@@H]1Cc1ccccc1. The largest absolute Gasteiger partial charge is 0.491 e. The van der Waals surface area contributed by atoms with Crippen LogP contribution in [0.25, 0.3) is 0 Å². The topological polar surface area (TPSA) is 76.9 Å². The minimum atomic E-state index is -0.226. The Morgan fingerprint density at radius 3 is 2.50 bits per heavy atom. The summed E-state index contributed by atoms with van der Waals surface area (Å²) in [6, 6.07) is 19.2. The standard InChI is InChI=1S/C32H42N4O4/c1-3-19-36-29(17-18-33-36)32(38)35-21-12-5-4-11-20-34(22-23-39-2)31(37)28-15-9-10-16-30(28)40-25-27(35)24-26-13-7-6-8-14-26/h6-10,13-18,27H,3-5,11-12,19-25H2,1-2H3/t27-/m0/s1. The molecule has 2 amide bonds. The molecule has 0 N–H and O–H groups in total. The normalized spacial score (nSPS) is 17.1. The number of hydrogen-bond acceptors (Lipinski definition) is 5. The second kappa shape index (κ2) is 15.2. The van der Waals surface area contributed by atoms with Crippen molar-refractivity contribution in [2.24, 2.45) is 0 Å². The van der Waals surface area contributed by atoms with Crippen molar-refractivity contribution < 1.29 is 19.1 Å². The molecule has 0 radical (unpaired) electrons. The number of hydrogen-bond donors (Lipinski definition) is 0. The molecule has 0 aliphatic carbocycles. The molecule has 1 atom stereocenters. The van der Waals surface area contributed by atoms with Crippen molar-refractivity contribution in [3.05, 3.63) is 83.7 Å². The fourth-order valence-corrected chi connectivity index (χ4v) is 5.23. The van der Waals surface area contributed by atoms with Gasteiger partial charge in [0, 0.05) is 39.5 Å². The molecule has 3 aromatic rings. The van der Waals surface area contributed by atoms with Gasteiger partial charge in [-0.15, -0.1) is 0 Å². The fraction of sp³-hybridized carbons (Fsp3) is 0.469. The summed E-state index contributed by atoms with van der Waals surface area (Å²) in [6.45, 7) is 5.35. The molecule has 8 heteroatoms. The Morgan fingerprint density at radius 2 is 1.73 bits per heavy atom. The van der Waals surface area contributed by atoms with E-state index in [2.05, 4.69) is 24.2 Å². The van der Waals surface area contributed by atoms with E-state index in [-0.39, 0.29) is 24.5 Å². The van der Waals surface area contributed by atoms with Crippen molar-refractivity contribution in [3.8, 4) is 5.75 Å². The van der Waals surface area contributed by atoms with Crippen molar-refractivity contribution in [2.75, 3.05) is 40.0 Å². The highest BCUT2D eigenvalue weighted by atomic mass is 16.5. The molecule has 8 nitrogen and oxygen atoms in total. The van der Waals surface area contributed by atoms with Crippen LogP contribution in [0.5, 0.6) is 5.75 Å². The summed E-state index contributed by atoms with van der Waals surface area (Å²) in [5.74, 6) is 0.451. The van der Waals surface area contributed by atoms with Crippen LogP contribution in [0.4, 0.5) is 0 Å². The van der Waals surface area contributed by atoms with Gasteiger partial charge < -0.3 is 19.3 Å². The average molecular weight is 547 g/mol. The third kappa shape index (κ3) is 7.72. The second-order valence-electron chi connectivity index (χ2n) is 10.3. The predicted molar refractivity (Wildman–Crippen MR) is 156 cm³/mol. The third-order valence-electron chi connectivity index (χ3n) is 7.37. The molecule has 0 spiro atoms. The summed E-state index contributed by atoms with van der Waals surface area (Å²) in [7, 11) is 1.65. The minimum Gasteiger partial charge on any atom is -0.491 e. The van der Waals surface area contributed by atoms with Crippen molar-refractivity contribution >= 4 is 11.8 Å². The maximum Gasteiger partial charge on any atom is 0.272 e. The lowest BCUT2D eigenvalue weighted by Crippen LogP contribution is -2.46. The zero-order valence-corrected chi connectivity index (χ0v) is 23.8. The van der Waals surface area contributed by atoms with E-state index in [4.69, 9.17) is 9.47 Å². The van der Waals surface area contributed by atoms with E-state index in [0.717, 1.165) is 37.7 Å². The molecule has 4 rings (SSSR count). The number of para-hydroxylation sites is 1. The van der Waals surface area contributed by atoms with Gasteiger partial charge in [-0.2, -0.15) is 5.10 Å². The van der Waals surface area contributed by atoms with Crippen LogP contribution in [0.2, 0.25) is 0 Å². The van der Waals surface area contributed by atoms with Crippen molar-refractivity contribution in [3.63, 3.8) is 0 Å². The number of ether oxygens (including phenoxy) is 2. The van der Waals surface area contributed by atoms with Crippen LogP contribution in [-0.4, -0.2) is 77.4 Å². The minimum absolute atomic E-state index is 0.0299. The smallest absolute Gasteiger partial charge is 0.272 e. The summed E-state index contributed by atoms with van der Waals surface area (Å²) in [4.78, 5) is 31.5. The molecule has 1 aliphatic rings. The molecule has 214 valence electrons. The van der Waals surface area contributed by atoms with Crippen molar-refractivity contribution in [1.82, 2.24) is 19.6 Å². The molecule has 1 aliphatic heterocycles. The van der Waals surface area contributed by atoms with Gasteiger partial charge in [-0.25, -0.2) is 0 Å². The number of carbonyl (C=O) groups is 2. The number of amides is 2. The Labute approximate surface area is 237 Å². The van der Waals surface area contributed by atoms with E-state index in [0.29, 0.717) is 56.2 Å². The number of carbonyl (C=O) groups excluding carboxylic acids is 2. The van der Waals surface area contributed by atoms with Crippen LogP contribution >= 0.6 is 0 Å². The van der Waals surface area contributed by atoms with E-state index in [1.54, 1.807) is 18.0 Å². The Kier molecular flexibility index (Phi) is 11.2. The number of benzene rings is 2. The first-order chi connectivity index (χ1) is 19.6. The van der Waals surface area contributed by atoms with Gasteiger partial charge in [0.25, 0.3) is 11.8 Å². The van der Waals surface area contributed by atoms with Gasteiger partial charge in [0.05, 0.1) is 18.2 Å². The van der Waals surface area contributed by atoms with Gasteiger partial charge in [0.2, 0.25) is 0 Å². The summed E-state index contributed by atoms with van der Waals surface area (Å²) in [6.07, 6.45) is 6.96. The summed E-state index contributed by atoms with van der Waals surface area (Å²) < 4.78 is 13.5. The first-order valence-electron chi connectivity index (χ1n) is 14.5. The molecule has 40 heavy (non-hydrogen) atoms. The molecule has 0 unspecified atom stereocenters. The van der Waals surface area contributed by atoms with E-state index in [1.807, 2.05) is 58.3 Å². The second-order valence-corrected chi connectivity index (χ2v) is 10.3. The van der Waals surface area contributed by atoms with Gasteiger partial charge in [-0.05, 0) is 49.4 Å². The Bertz CT molecular complexity index is 1210. The number of rotatable bonds is 8. The number of fused-ring (bicyclic) bond motifs is 1.